The van der Waals surface area contributed by atoms with Gasteiger partial charge in [-0.3, -0.25) is 0 Å². The molecule has 1 N–H and O–H groups in total. The van der Waals surface area contributed by atoms with Crippen LogP contribution in [-0.4, -0.2) is 22.6 Å². The molecular formula is C17H21N3S. The van der Waals surface area contributed by atoms with E-state index >= 15 is 0 Å². The molecular weight excluding hydrogens is 278 g/mol. The highest BCUT2D eigenvalue weighted by Crippen LogP contribution is 2.19. The second-order valence-electron chi connectivity index (χ2n) is 5.30. The Balaban J connectivity index is 1.74. The van der Waals surface area contributed by atoms with Crippen LogP contribution in [0.4, 0.5) is 0 Å². The molecule has 1 aromatic carbocycles. The van der Waals surface area contributed by atoms with Crippen molar-refractivity contribution in [1.29, 1.82) is 0 Å². The van der Waals surface area contributed by atoms with Gasteiger partial charge in [-0.2, -0.15) is 0 Å². The Hall–Kier alpha value is -1.65. The zero-order valence-electron chi connectivity index (χ0n) is 12.5. The van der Waals surface area contributed by atoms with E-state index in [0.717, 1.165) is 24.9 Å². The molecule has 3 aromatic rings. The van der Waals surface area contributed by atoms with Crippen LogP contribution in [0.3, 0.4) is 0 Å². The van der Waals surface area contributed by atoms with Crippen LogP contribution in [-0.2, 0) is 19.4 Å². The van der Waals surface area contributed by atoms with E-state index < -0.39 is 0 Å². The van der Waals surface area contributed by atoms with Crippen molar-refractivity contribution in [2.45, 2.75) is 32.4 Å². The van der Waals surface area contributed by atoms with Crippen molar-refractivity contribution in [3.05, 3.63) is 52.5 Å². The van der Waals surface area contributed by atoms with Gasteiger partial charge in [-0.1, -0.05) is 19.1 Å². The van der Waals surface area contributed by atoms with E-state index in [1.54, 1.807) is 0 Å². The monoisotopic (exact) mass is 299 g/mol. The number of nitrogens with one attached hydrogen (secondary N) is 1. The summed E-state index contributed by atoms with van der Waals surface area (Å²) in [6.45, 7) is 3.15. The second-order valence-corrected chi connectivity index (χ2v) is 6.55. The molecule has 0 aliphatic heterocycles. The van der Waals surface area contributed by atoms with Gasteiger partial charge >= 0.3 is 0 Å². The summed E-state index contributed by atoms with van der Waals surface area (Å²) in [6.07, 6.45) is 4.13. The Morgan fingerprint density at radius 2 is 2.00 bits per heavy atom. The molecule has 0 spiro atoms. The first-order chi connectivity index (χ1) is 10.3. The van der Waals surface area contributed by atoms with E-state index in [9.17, 15) is 0 Å². The Kier molecular flexibility index (Phi) is 4.36. The molecule has 3 rings (SSSR count). The van der Waals surface area contributed by atoms with E-state index in [1.807, 2.05) is 30.8 Å². The fourth-order valence-corrected chi connectivity index (χ4v) is 3.65. The van der Waals surface area contributed by atoms with Gasteiger partial charge in [0.15, 0.2) is 0 Å². The van der Waals surface area contributed by atoms with Gasteiger partial charge in [0.1, 0.15) is 0 Å². The largest absolute Gasteiger partial charge is 0.329 e. The van der Waals surface area contributed by atoms with Gasteiger partial charge in [0.05, 0.1) is 17.4 Å². The number of imidazole rings is 1. The van der Waals surface area contributed by atoms with Crippen LogP contribution in [0, 0.1) is 0 Å². The lowest BCUT2D eigenvalue weighted by Gasteiger charge is -2.16. The maximum Gasteiger partial charge on any atom is 0.0958 e. The third kappa shape index (κ3) is 3.17. The fraction of sp³-hybridized carbons (Fsp3) is 0.353. The lowest BCUT2D eigenvalue weighted by molar-refractivity contribution is 0.487. The number of fused-ring (bicyclic) bond motifs is 1. The minimum Gasteiger partial charge on any atom is -0.329 e. The molecule has 0 aliphatic rings. The van der Waals surface area contributed by atoms with Crippen molar-refractivity contribution in [1.82, 2.24) is 14.9 Å². The molecule has 1 unspecified atom stereocenters. The van der Waals surface area contributed by atoms with Crippen LogP contribution in [0.5, 0.6) is 0 Å². The molecule has 21 heavy (non-hydrogen) atoms. The third-order valence-corrected chi connectivity index (χ3v) is 5.12. The third-order valence-electron chi connectivity index (χ3n) is 3.87. The summed E-state index contributed by atoms with van der Waals surface area (Å²) < 4.78 is 2.24. The van der Waals surface area contributed by atoms with Crippen LogP contribution < -0.4 is 5.32 Å². The number of aromatic nitrogens is 2. The average molecular weight is 299 g/mol. The fourth-order valence-electron chi connectivity index (χ4n) is 2.62. The summed E-state index contributed by atoms with van der Waals surface area (Å²) in [7, 11) is 2.04. The Morgan fingerprint density at radius 1 is 1.19 bits per heavy atom. The molecule has 110 valence electrons. The second kappa shape index (κ2) is 6.41. The van der Waals surface area contributed by atoms with E-state index in [0.29, 0.717) is 6.04 Å². The van der Waals surface area contributed by atoms with Crippen LogP contribution in [0.2, 0.25) is 0 Å². The maximum absolute atomic E-state index is 4.47. The minimum absolute atomic E-state index is 0.422. The minimum atomic E-state index is 0.422. The number of hydrogen-bond acceptors (Lipinski definition) is 3. The van der Waals surface area contributed by atoms with Crippen molar-refractivity contribution in [2.24, 2.45) is 0 Å². The number of benzene rings is 1. The lowest BCUT2D eigenvalue weighted by atomic mass is 10.1. The van der Waals surface area contributed by atoms with Crippen molar-refractivity contribution in [3.63, 3.8) is 0 Å². The number of nitrogens with zero attached hydrogens (tertiary/aromatic N) is 2. The first-order valence-electron chi connectivity index (χ1n) is 7.45. The highest BCUT2D eigenvalue weighted by atomic mass is 32.1. The summed E-state index contributed by atoms with van der Waals surface area (Å²) in [5.41, 5.74) is 2.27. The summed E-state index contributed by atoms with van der Waals surface area (Å²) in [5, 5.41) is 3.44. The molecule has 0 saturated carbocycles. The van der Waals surface area contributed by atoms with Gasteiger partial charge in [-0.25, -0.2) is 4.98 Å². The molecule has 4 heteroatoms. The van der Waals surface area contributed by atoms with Gasteiger partial charge in [0, 0.05) is 22.3 Å². The van der Waals surface area contributed by atoms with Crippen molar-refractivity contribution >= 4 is 22.4 Å². The van der Waals surface area contributed by atoms with Gasteiger partial charge < -0.3 is 9.88 Å². The molecule has 0 radical (unpaired) electrons. The van der Waals surface area contributed by atoms with Crippen molar-refractivity contribution in [3.8, 4) is 0 Å². The quantitative estimate of drug-likeness (QED) is 0.755. The highest BCUT2D eigenvalue weighted by molar-refractivity contribution is 7.11. The average Bonchev–Trinajstić information content (AvgIpc) is 3.14. The van der Waals surface area contributed by atoms with Gasteiger partial charge in [0.25, 0.3) is 0 Å². The molecule has 2 heterocycles. The Bertz CT molecular complexity index is 713. The smallest absolute Gasteiger partial charge is 0.0958 e. The molecule has 0 aliphatic carbocycles. The summed E-state index contributed by atoms with van der Waals surface area (Å²) in [5.74, 6) is 0. The normalized spacial score (nSPS) is 12.9. The van der Waals surface area contributed by atoms with E-state index in [1.165, 1.54) is 15.3 Å². The predicted octanol–water partition coefficient (Wildman–Crippen LogP) is 3.49. The molecule has 0 fully saturated rings. The zero-order chi connectivity index (χ0) is 14.7. The first kappa shape index (κ1) is 14.3. The topological polar surface area (TPSA) is 29.9 Å². The van der Waals surface area contributed by atoms with Crippen LogP contribution >= 0.6 is 11.3 Å². The van der Waals surface area contributed by atoms with Crippen LogP contribution in [0.15, 0.2) is 42.7 Å². The molecule has 1 atom stereocenters. The van der Waals surface area contributed by atoms with Gasteiger partial charge in [-0.05, 0) is 44.2 Å². The molecule has 2 aromatic heterocycles. The summed E-state index contributed by atoms with van der Waals surface area (Å²) >= 11 is 1.93. The van der Waals surface area contributed by atoms with Crippen LogP contribution in [0.1, 0.15) is 16.7 Å². The number of likely N-dealkylation sites (N-methyl/N-ethyl adjacent to an activating group) is 1. The highest BCUT2D eigenvalue weighted by Gasteiger charge is 2.11. The first-order valence-corrected chi connectivity index (χ1v) is 8.26. The van der Waals surface area contributed by atoms with E-state index in [4.69, 9.17) is 0 Å². The molecule has 0 amide bonds. The Morgan fingerprint density at radius 3 is 2.76 bits per heavy atom. The summed E-state index contributed by atoms with van der Waals surface area (Å²) in [6, 6.07) is 13.2. The standard InChI is InChI=1S/C17H21N3S/c1-3-14-8-9-15(21-14)10-13(18-2)11-20-12-19-16-6-4-5-7-17(16)20/h4-9,12-13,18H,3,10-11H2,1-2H3. The molecule has 0 bridgehead atoms. The summed E-state index contributed by atoms with van der Waals surface area (Å²) in [4.78, 5) is 7.39. The zero-order valence-corrected chi connectivity index (χ0v) is 13.4. The van der Waals surface area contributed by atoms with Crippen LogP contribution in [0.25, 0.3) is 11.0 Å². The van der Waals surface area contributed by atoms with Gasteiger partial charge in [-0.15, -0.1) is 11.3 Å². The van der Waals surface area contributed by atoms with Gasteiger partial charge in [0.2, 0.25) is 0 Å². The van der Waals surface area contributed by atoms with Crippen molar-refractivity contribution in [2.75, 3.05) is 7.05 Å². The molecule has 0 saturated heterocycles. The molecule has 3 nitrogen and oxygen atoms in total. The lowest BCUT2D eigenvalue weighted by Crippen LogP contribution is -2.31. The Labute approximate surface area is 129 Å². The van der Waals surface area contributed by atoms with E-state index in [2.05, 4.69) is 52.1 Å². The number of rotatable bonds is 6. The van der Waals surface area contributed by atoms with E-state index in [-0.39, 0.29) is 0 Å². The maximum atomic E-state index is 4.47. The number of thiophene rings is 1. The predicted molar refractivity (Wildman–Crippen MR) is 90.0 cm³/mol. The number of hydrogen-bond donors (Lipinski definition) is 1. The SMILES string of the molecule is CCc1ccc(CC(Cn2cnc3ccccc32)NC)s1. The van der Waals surface area contributed by atoms with Crippen molar-refractivity contribution < 1.29 is 0 Å². The number of aryl methyl sites for hydroxylation is 1. The number of para-hydroxylation sites is 2.